The predicted octanol–water partition coefficient (Wildman–Crippen LogP) is 1.83. The molecule has 0 aliphatic carbocycles. The zero-order valence-corrected chi connectivity index (χ0v) is 10.7. The van der Waals surface area contributed by atoms with Crippen molar-refractivity contribution in [2.75, 3.05) is 26.4 Å². The van der Waals surface area contributed by atoms with Crippen LogP contribution in [0.5, 0.6) is 0 Å². The molecule has 1 aromatic rings. The molecule has 0 unspecified atom stereocenters. The minimum atomic E-state index is -4.40. The van der Waals surface area contributed by atoms with Gasteiger partial charge in [-0.15, -0.1) is 0 Å². The first-order valence-electron chi connectivity index (χ1n) is 6.09. The van der Waals surface area contributed by atoms with Crippen LogP contribution in [0.15, 0.2) is 24.3 Å². The summed E-state index contributed by atoms with van der Waals surface area (Å²) in [6, 6.07) is 4.03. The van der Waals surface area contributed by atoms with Gasteiger partial charge in [-0.05, 0) is 30.7 Å². The molecule has 7 heteroatoms. The quantitative estimate of drug-likeness (QED) is 0.754. The van der Waals surface area contributed by atoms with Crippen LogP contribution in [0.4, 0.5) is 13.2 Å². The van der Waals surface area contributed by atoms with Crippen LogP contribution >= 0.6 is 0 Å². The smallest absolute Gasteiger partial charge is 0.394 e. The molecule has 0 spiro atoms. The van der Waals surface area contributed by atoms with Gasteiger partial charge in [0, 0.05) is 18.7 Å². The molecule has 20 heavy (non-hydrogen) atoms. The molecule has 112 valence electrons. The number of benzene rings is 1. The summed E-state index contributed by atoms with van der Waals surface area (Å²) in [7, 11) is 0. The van der Waals surface area contributed by atoms with Gasteiger partial charge in [0.05, 0.1) is 18.8 Å². The summed E-state index contributed by atoms with van der Waals surface area (Å²) >= 11 is 0. The Kier molecular flexibility index (Phi) is 6.47. The normalized spacial score (nSPS) is 11.4. The zero-order valence-electron chi connectivity index (χ0n) is 10.7. The molecule has 0 atom stereocenters. The Bertz CT molecular complexity index is 418. The van der Waals surface area contributed by atoms with E-state index in [1.165, 1.54) is 0 Å². The van der Waals surface area contributed by atoms with E-state index in [1.807, 2.05) is 0 Å². The fourth-order valence-electron chi connectivity index (χ4n) is 1.46. The number of aliphatic hydroxyl groups is 1. The third-order valence-corrected chi connectivity index (χ3v) is 2.46. The molecular weight excluding hydrogens is 275 g/mol. The van der Waals surface area contributed by atoms with Crippen LogP contribution in [0.2, 0.25) is 0 Å². The third kappa shape index (κ3) is 5.58. The molecule has 0 saturated heterocycles. The Labute approximate surface area is 114 Å². The number of amides is 1. The summed E-state index contributed by atoms with van der Waals surface area (Å²) in [5.74, 6) is -0.430. The first kappa shape index (κ1) is 16.5. The number of carbonyl (C=O) groups excluding carboxylic acids is 1. The molecule has 1 amide bonds. The van der Waals surface area contributed by atoms with Crippen molar-refractivity contribution in [2.24, 2.45) is 0 Å². The summed E-state index contributed by atoms with van der Waals surface area (Å²) in [5.41, 5.74) is -0.610. The molecule has 1 rings (SSSR count). The van der Waals surface area contributed by atoms with Crippen LogP contribution in [0, 0.1) is 0 Å². The molecule has 0 aliphatic heterocycles. The average molecular weight is 291 g/mol. The van der Waals surface area contributed by atoms with E-state index < -0.39 is 17.6 Å². The molecule has 0 radical (unpaired) electrons. The SMILES string of the molecule is O=C(NCCCOCCO)c1ccc(C(F)(F)F)cc1. The van der Waals surface area contributed by atoms with E-state index in [-0.39, 0.29) is 18.8 Å². The number of carbonyl (C=O) groups is 1. The van der Waals surface area contributed by atoms with Crippen LogP contribution in [-0.2, 0) is 10.9 Å². The lowest BCUT2D eigenvalue weighted by Gasteiger charge is -2.08. The van der Waals surface area contributed by atoms with Crippen molar-refractivity contribution in [3.05, 3.63) is 35.4 Å². The lowest BCUT2D eigenvalue weighted by atomic mass is 10.1. The molecule has 4 nitrogen and oxygen atoms in total. The minimum absolute atomic E-state index is 0.0576. The van der Waals surface area contributed by atoms with E-state index in [0.717, 1.165) is 24.3 Å². The number of alkyl halides is 3. The monoisotopic (exact) mass is 291 g/mol. The van der Waals surface area contributed by atoms with Crippen molar-refractivity contribution < 1.29 is 27.8 Å². The van der Waals surface area contributed by atoms with E-state index in [4.69, 9.17) is 9.84 Å². The molecule has 0 aromatic heterocycles. The van der Waals surface area contributed by atoms with Crippen molar-refractivity contribution in [2.45, 2.75) is 12.6 Å². The van der Waals surface area contributed by atoms with Crippen molar-refractivity contribution in [3.8, 4) is 0 Å². The summed E-state index contributed by atoms with van der Waals surface area (Å²) in [5, 5.41) is 11.0. The van der Waals surface area contributed by atoms with E-state index in [0.29, 0.717) is 19.6 Å². The highest BCUT2D eigenvalue weighted by atomic mass is 19.4. The van der Waals surface area contributed by atoms with Crippen molar-refractivity contribution in [1.82, 2.24) is 5.32 Å². The van der Waals surface area contributed by atoms with Crippen LogP contribution < -0.4 is 5.32 Å². The number of hydrogen-bond donors (Lipinski definition) is 2. The Morgan fingerprint density at radius 3 is 2.40 bits per heavy atom. The van der Waals surface area contributed by atoms with Gasteiger partial charge < -0.3 is 15.2 Å². The number of hydrogen-bond acceptors (Lipinski definition) is 3. The molecule has 0 heterocycles. The van der Waals surface area contributed by atoms with Crippen LogP contribution in [0.25, 0.3) is 0 Å². The highest BCUT2D eigenvalue weighted by molar-refractivity contribution is 5.94. The first-order chi connectivity index (χ1) is 9.45. The van der Waals surface area contributed by atoms with Gasteiger partial charge in [0.2, 0.25) is 0 Å². The van der Waals surface area contributed by atoms with Crippen molar-refractivity contribution >= 4 is 5.91 Å². The average Bonchev–Trinajstić information content (AvgIpc) is 2.41. The molecule has 0 fully saturated rings. The Balaban J connectivity index is 2.37. The summed E-state index contributed by atoms with van der Waals surface area (Å²) in [6.07, 6.45) is -3.84. The number of rotatable bonds is 7. The summed E-state index contributed by atoms with van der Waals surface area (Å²) < 4.78 is 42.0. The van der Waals surface area contributed by atoms with Crippen LogP contribution in [0.1, 0.15) is 22.3 Å². The molecule has 0 bridgehead atoms. The second-order valence-corrected chi connectivity index (χ2v) is 4.02. The maximum absolute atomic E-state index is 12.3. The van der Waals surface area contributed by atoms with Crippen molar-refractivity contribution in [1.29, 1.82) is 0 Å². The number of nitrogens with one attached hydrogen (secondary N) is 1. The molecule has 1 aromatic carbocycles. The van der Waals surface area contributed by atoms with Gasteiger partial charge in [-0.1, -0.05) is 0 Å². The molecule has 2 N–H and O–H groups in total. The number of aliphatic hydroxyl groups excluding tert-OH is 1. The number of ether oxygens (including phenoxy) is 1. The maximum atomic E-state index is 12.3. The Morgan fingerprint density at radius 2 is 1.85 bits per heavy atom. The van der Waals surface area contributed by atoms with E-state index in [1.54, 1.807) is 0 Å². The molecule has 0 aliphatic rings. The van der Waals surface area contributed by atoms with Crippen molar-refractivity contribution in [3.63, 3.8) is 0 Å². The van der Waals surface area contributed by atoms with Gasteiger partial charge in [0.1, 0.15) is 0 Å². The van der Waals surface area contributed by atoms with Gasteiger partial charge in [0.15, 0.2) is 0 Å². The Morgan fingerprint density at radius 1 is 1.20 bits per heavy atom. The topological polar surface area (TPSA) is 58.6 Å². The number of halogens is 3. The standard InChI is InChI=1S/C13H16F3NO3/c14-13(15,16)11-4-2-10(3-5-11)12(19)17-6-1-8-20-9-7-18/h2-5,18H,1,6-9H2,(H,17,19). The van der Waals surface area contributed by atoms with Crippen LogP contribution in [0.3, 0.4) is 0 Å². The molecule has 0 saturated carbocycles. The van der Waals surface area contributed by atoms with Crippen LogP contribution in [-0.4, -0.2) is 37.4 Å². The Hall–Kier alpha value is -1.60. The predicted molar refractivity (Wildman–Crippen MR) is 66.3 cm³/mol. The van der Waals surface area contributed by atoms with E-state index in [2.05, 4.69) is 5.32 Å². The van der Waals surface area contributed by atoms with Gasteiger partial charge in [-0.2, -0.15) is 13.2 Å². The van der Waals surface area contributed by atoms with E-state index >= 15 is 0 Å². The highest BCUT2D eigenvalue weighted by Gasteiger charge is 2.30. The van der Waals surface area contributed by atoms with E-state index in [9.17, 15) is 18.0 Å². The van der Waals surface area contributed by atoms with Gasteiger partial charge in [0.25, 0.3) is 5.91 Å². The second kappa shape index (κ2) is 7.86. The first-order valence-corrected chi connectivity index (χ1v) is 6.09. The largest absolute Gasteiger partial charge is 0.416 e. The maximum Gasteiger partial charge on any atom is 0.416 e. The van der Waals surface area contributed by atoms with Gasteiger partial charge in [-0.25, -0.2) is 0 Å². The lowest BCUT2D eigenvalue weighted by molar-refractivity contribution is -0.137. The third-order valence-electron chi connectivity index (χ3n) is 2.46. The fraction of sp³-hybridized carbons (Fsp3) is 0.462. The minimum Gasteiger partial charge on any atom is -0.394 e. The highest BCUT2D eigenvalue weighted by Crippen LogP contribution is 2.28. The lowest BCUT2D eigenvalue weighted by Crippen LogP contribution is -2.25. The van der Waals surface area contributed by atoms with Gasteiger partial charge >= 0.3 is 6.18 Å². The summed E-state index contributed by atoms with van der Waals surface area (Å²) in [6.45, 7) is 0.934. The zero-order chi connectivity index (χ0) is 15.0. The fourth-order valence-corrected chi connectivity index (χ4v) is 1.46. The van der Waals surface area contributed by atoms with Gasteiger partial charge in [-0.3, -0.25) is 4.79 Å². The second-order valence-electron chi connectivity index (χ2n) is 4.02. The molecular formula is C13H16F3NO3. The summed E-state index contributed by atoms with van der Waals surface area (Å²) in [4.78, 5) is 11.6.